The van der Waals surface area contributed by atoms with Gasteiger partial charge in [-0.2, -0.15) is 0 Å². The monoisotopic (exact) mass is 365 g/mol. The second-order valence-corrected chi connectivity index (χ2v) is 6.02. The molecule has 1 aromatic carbocycles. The lowest BCUT2D eigenvalue weighted by Crippen LogP contribution is -2.41. The Balaban J connectivity index is 2.46. The standard InChI is InChI=1S/C18H20ClNO5/c1-4-25-16(22)10-20-11(2)17(18(23)24-3)14(9-15(20)21)12-6-5-7-13(19)8-12/h5-8,14H,4,9-10H2,1-3H3/t14-/m1/s1. The zero-order valence-electron chi connectivity index (χ0n) is 14.4. The van der Waals surface area contributed by atoms with Crippen LogP contribution in [0.2, 0.25) is 5.02 Å². The summed E-state index contributed by atoms with van der Waals surface area (Å²) in [5.74, 6) is -1.80. The summed E-state index contributed by atoms with van der Waals surface area (Å²) in [6.45, 7) is 3.30. The molecule has 0 saturated carbocycles. The molecule has 0 radical (unpaired) electrons. The summed E-state index contributed by atoms with van der Waals surface area (Å²) in [6.07, 6.45) is 0.0432. The molecule has 1 atom stereocenters. The van der Waals surface area contributed by atoms with Crippen LogP contribution in [0.1, 0.15) is 31.7 Å². The van der Waals surface area contributed by atoms with E-state index in [2.05, 4.69) is 0 Å². The van der Waals surface area contributed by atoms with Crippen LogP contribution in [0, 0.1) is 0 Å². The molecule has 0 bridgehead atoms. The summed E-state index contributed by atoms with van der Waals surface area (Å²) in [5, 5.41) is 0.515. The fourth-order valence-electron chi connectivity index (χ4n) is 2.92. The zero-order chi connectivity index (χ0) is 18.6. The fraction of sp³-hybridized carbons (Fsp3) is 0.389. The summed E-state index contributed by atoms with van der Waals surface area (Å²) in [5.41, 5.74) is 1.48. The Bertz CT molecular complexity index is 728. The maximum Gasteiger partial charge on any atom is 0.336 e. The van der Waals surface area contributed by atoms with E-state index in [1.807, 2.05) is 0 Å². The quantitative estimate of drug-likeness (QED) is 0.750. The van der Waals surface area contributed by atoms with Crippen LogP contribution in [0.25, 0.3) is 0 Å². The number of hydrogen-bond donors (Lipinski definition) is 0. The Hall–Kier alpha value is -2.34. The van der Waals surface area contributed by atoms with E-state index in [-0.39, 0.29) is 25.5 Å². The molecule has 0 saturated heterocycles. The van der Waals surface area contributed by atoms with Crippen LogP contribution < -0.4 is 0 Å². The first-order valence-electron chi connectivity index (χ1n) is 7.89. The average Bonchev–Trinajstić information content (AvgIpc) is 2.57. The molecular weight excluding hydrogens is 346 g/mol. The van der Waals surface area contributed by atoms with Crippen LogP contribution in [-0.4, -0.2) is 43.0 Å². The van der Waals surface area contributed by atoms with Gasteiger partial charge in [0.25, 0.3) is 0 Å². The third-order valence-corrected chi connectivity index (χ3v) is 4.31. The molecule has 2 rings (SSSR count). The largest absolute Gasteiger partial charge is 0.466 e. The van der Waals surface area contributed by atoms with Gasteiger partial charge in [-0.25, -0.2) is 4.79 Å². The molecular formula is C18H20ClNO5. The maximum atomic E-state index is 12.6. The van der Waals surface area contributed by atoms with Gasteiger partial charge in [0.05, 0.1) is 19.3 Å². The van der Waals surface area contributed by atoms with Gasteiger partial charge in [-0.05, 0) is 31.5 Å². The van der Waals surface area contributed by atoms with Crippen LogP contribution >= 0.6 is 11.6 Å². The Kier molecular flexibility index (Phi) is 6.20. The van der Waals surface area contributed by atoms with E-state index in [0.29, 0.717) is 16.3 Å². The van der Waals surface area contributed by atoms with E-state index in [0.717, 1.165) is 5.56 Å². The molecule has 0 fully saturated rings. The zero-order valence-corrected chi connectivity index (χ0v) is 15.1. The molecule has 1 amide bonds. The maximum absolute atomic E-state index is 12.6. The number of esters is 2. The van der Waals surface area contributed by atoms with Crippen molar-refractivity contribution >= 4 is 29.4 Å². The highest BCUT2D eigenvalue weighted by Gasteiger charge is 2.37. The lowest BCUT2D eigenvalue weighted by atomic mass is 9.83. The van der Waals surface area contributed by atoms with E-state index in [4.69, 9.17) is 21.1 Å². The van der Waals surface area contributed by atoms with Crippen LogP contribution in [-0.2, 0) is 23.9 Å². The number of methoxy groups -OCH3 is 1. The number of ether oxygens (including phenoxy) is 2. The number of nitrogens with zero attached hydrogens (tertiary/aromatic N) is 1. The Morgan fingerprint density at radius 3 is 2.68 bits per heavy atom. The number of amides is 1. The number of rotatable bonds is 5. The van der Waals surface area contributed by atoms with Crippen molar-refractivity contribution in [3.63, 3.8) is 0 Å². The first kappa shape index (κ1) is 19.0. The van der Waals surface area contributed by atoms with Crippen molar-refractivity contribution < 1.29 is 23.9 Å². The van der Waals surface area contributed by atoms with E-state index >= 15 is 0 Å². The number of benzene rings is 1. The van der Waals surface area contributed by atoms with Gasteiger partial charge >= 0.3 is 11.9 Å². The molecule has 0 N–H and O–H groups in total. The molecule has 0 unspecified atom stereocenters. The van der Waals surface area contributed by atoms with Gasteiger partial charge in [-0.1, -0.05) is 23.7 Å². The highest BCUT2D eigenvalue weighted by molar-refractivity contribution is 6.30. The van der Waals surface area contributed by atoms with E-state index < -0.39 is 17.9 Å². The predicted octanol–water partition coefficient (Wildman–Crippen LogP) is 2.67. The average molecular weight is 366 g/mol. The molecule has 1 aliphatic rings. The minimum absolute atomic E-state index is 0.0432. The van der Waals surface area contributed by atoms with Gasteiger partial charge in [0.1, 0.15) is 6.54 Å². The molecule has 0 aliphatic carbocycles. The van der Waals surface area contributed by atoms with Crippen LogP contribution in [0.5, 0.6) is 0 Å². The molecule has 6 nitrogen and oxygen atoms in total. The molecule has 1 heterocycles. The molecule has 0 aromatic heterocycles. The number of allylic oxidation sites excluding steroid dienone is 1. The van der Waals surface area contributed by atoms with Crippen LogP contribution in [0.3, 0.4) is 0 Å². The molecule has 1 aromatic rings. The predicted molar refractivity (Wildman–Crippen MR) is 91.9 cm³/mol. The SMILES string of the molecule is CCOC(=O)CN1C(=O)C[C@H](c2cccc(Cl)c2)C(C(=O)OC)=C1C. The lowest BCUT2D eigenvalue weighted by Gasteiger charge is -2.33. The third kappa shape index (κ3) is 4.20. The van der Waals surface area contributed by atoms with Gasteiger partial charge in [-0.3, -0.25) is 9.59 Å². The second kappa shape index (κ2) is 8.16. The summed E-state index contributed by atoms with van der Waals surface area (Å²) in [7, 11) is 1.28. The van der Waals surface area contributed by atoms with Crippen LogP contribution in [0.4, 0.5) is 0 Å². The minimum Gasteiger partial charge on any atom is -0.466 e. The Labute approximate surface area is 151 Å². The molecule has 7 heteroatoms. The van der Waals surface area contributed by atoms with Crippen molar-refractivity contribution in [1.82, 2.24) is 4.90 Å². The molecule has 0 spiro atoms. The van der Waals surface area contributed by atoms with Crippen molar-refractivity contribution in [3.8, 4) is 0 Å². The van der Waals surface area contributed by atoms with E-state index in [9.17, 15) is 14.4 Å². The topological polar surface area (TPSA) is 72.9 Å². The molecule has 134 valence electrons. The first-order chi connectivity index (χ1) is 11.9. The first-order valence-corrected chi connectivity index (χ1v) is 8.27. The lowest BCUT2D eigenvalue weighted by molar-refractivity contribution is -0.148. The van der Waals surface area contributed by atoms with Crippen molar-refractivity contribution in [3.05, 3.63) is 46.1 Å². The van der Waals surface area contributed by atoms with Crippen molar-refractivity contribution in [2.24, 2.45) is 0 Å². The van der Waals surface area contributed by atoms with Gasteiger partial charge in [0.15, 0.2) is 0 Å². The van der Waals surface area contributed by atoms with Crippen molar-refractivity contribution in [2.75, 3.05) is 20.3 Å². The summed E-state index contributed by atoms with van der Waals surface area (Å²) < 4.78 is 9.80. The van der Waals surface area contributed by atoms with Gasteiger partial charge in [0, 0.05) is 23.1 Å². The fourth-order valence-corrected chi connectivity index (χ4v) is 3.12. The van der Waals surface area contributed by atoms with E-state index in [1.165, 1.54) is 12.0 Å². The molecule has 1 aliphatic heterocycles. The summed E-state index contributed by atoms with van der Waals surface area (Å²) >= 11 is 6.04. The highest BCUT2D eigenvalue weighted by atomic mass is 35.5. The Morgan fingerprint density at radius 1 is 1.36 bits per heavy atom. The third-order valence-electron chi connectivity index (χ3n) is 4.07. The normalized spacial score (nSPS) is 17.5. The highest BCUT2D eigenvalue weighted by Crippen LogP contribution is 2.37. The Morgan fingerprint density at radius 2 is 2.08 bits per heavy atom. The van der Waals surface area contributed by atoms with Gasteiger partial charge in [-0.15, -0.1) is 0 Å². The minimum atomic E-state index is -0.538. The summed E-state index contributed by atoms with van der Waals surface area (Å²) in [4.78, 5) is 38.0. The van der Waals surface area contributed by atoms with E-state index in [1.54, 1.807) is 38.1 Å². The summed E-state index contributed by atoms with van der Waals surface area (Å²) in [6, 6.07) is 7.01. The van der Waals surface area contributed by atoms with Crippen molar-refractivity contribution in [1.29, 1.82) is 0 Å². The number of carbonyl (C=O) groups is 3. The second-order valence-electron chi connectivity index (χ2n) is 5.59. The van der Waals surface area contributed by atoms with Crippen LogP contribution in [0.15, 0.2) is 35.5 Å². The molecule has 25 heavy (non-hydrogen) atoms. The number of hydrogen-bond acceptors (Lipinski definition) is 5. The van der Waals surface area contributed by atoms with Gasteiger partial charge in [0.2, 0.25) is 5.91 Å². The smallest absolute Gasteiger partial charge is 0.336 e. The number of halogens is 1. The van der Waals surface area contributed by atoms with Crippen molar-refractivity contribution in [2.45, 2.75) is 26.2 Å². The number of carbonyl (C=O) groups excluding carboxylic acids is 3. The van der Waals surface area contributed by atoms with Gasteiger partial charge < -0.3 is 14.4 Å².